The fraction of sp³-hybridized carbons (Fsp3) is 0.650. The summed E-state index contributed by atoms with van der Waals surface area (Å²) in [6.45, 7) is 9.84. The topological polar surface area (TPSA) is 76.6 Å². The summed E-state index contributed by atoms with van der Waals surface area (Å²) in [6, 6.07) is 4.08. The van der Waals surface area contributed by atoms with Crippen molar-refractivity contribution in [3.8, 4) is 17.2 Å². The summed E-state index contributed by atoms with van der Waals surface area (Å²) < 4.78 is 21.8. The lowest BCUT2D eigenvalue weighted by Crippen LogP contribution is -2.49. The van der Waals surface area contributed by atoms with Gasteiger partial charge in [0.15, 0.2) is 5.96 Å². The molecule has 1 unspecified atom stereocenters. The minimum Gasteiger partial charge on any atom is -0.496 e. The van der Waals surface area contributed by atoms with Crippen LogP contribution in [0.1, 0.15) is 19.4 Å². The molecule has 0 aliphatic carbocycles. The predicted octanol–water partition coefficient (Wildman–Crippen LogP) is 2.11. The third-order valence-corrected chi connectivity index (χ3v) is 4.79. The normalized spacial score (nSPS) is 15.8. The third-order valence-electron chi connectivity index (χ3n) is 4.79. The molecule has 2 N–H and O–H groups in total. The third kappa shape index (κ3) is 7.71. The molecule has 1 heterocycles. The minimum absolute atomic E-state index is 0. The van der Waals surface area contributed by atoms with Crippen molar-refractivity contribution in [3.05, 3.63) is 17.7 Å². The van der Waals surface area contributed by atoms with Gasteiger partial charge in [0.2, 0.25) is 0 Å². The smallest absolute Gasteiger partial charge is 0.191 e. The average molecular weight is 522 g/mol. The van der Waals surface area contributed by atoms with Gasteiger partial charge < -0.3 is 29.6 Å². The summed E-state index contributed by atoms with van der Waals surface area (Å²) in [7, 11) is 4.89. The largest absolute Gasteiger partial charge is 0.496 e. The van der Waals surface area contributed by atoms with Gasteiger partial charge in [0.1, 0.15) is 17.2 Å². The van der Waals surface area contributed by atoms with Crippen LogP contribution in [0.5, 0.6) is 17.2 Å². The maximum Gasteiger partial charge on any atom is 0.191 e. The second kappa shape index (κ2) is 13.7. The van der Waals surface area contributed by atoms with Gasteiger partial charge in [-0.25, -0.2) is 4.99 Å². The zero-order chi connectivity index (χ0) is 20.4. The summed E-state index contributed by atoms with van der Waals surface area (Å²) in [5.41, 5.74) is 0.879. The van der Waals surface area contributed by atoms with Crippen LogP contribution in [0.2, 0.25) is 0 Å². The van der Waals surface area contributed by atoms with Gasteiger partial charge >= 0.3 is 0 Å². The molecule has 0 saturated carbocycles. The van der Waals surface area contributed by atoms with E-state index in [1.54, 1.807) is 21.3 Å². The molecule has 1 atom stereocenters. The van der Waals surface area contributed by atoms with E-state index in [1.165, 1.54) is 0 Å². The standard InChI is InChI=1S/C20H34N4O4.HI/c1-6-21-20(22-13-15(2)24-7-9-28-10-8-24)23-14-17-18(26-4)11-16(25-3)12-19(17)27-5;/h11-12,15H,6-10,13-14H2,1-5H3,(H2,21,22,23);1H. The van der Waals surface area contributed by atoms with Gasteiger partial charge in [-0.2, -0.15) is 0 Å². The number of rotatable bonds is 9. The molecule has 166 valence electrons. The molecular weight excluding hydrogens is 487 g/mol. The van der Waals surface area contributed by atoms with Gasteiger partial charge in [-0.3, -0.25) is 4.90 Å². The van der Waals surface area contributed by atoms with Crippen LogP contribution in [-0.4, -0.2) is 77.6 Å². The second-order valence-corrected chi connectivity index (χ2v) is 6.58. The van der Waals surface area contributed by atoms with E-state index in [-0.39, 0.29) is 24.0 Å². The lowest BCUT2D eigenvalue weighted by Gasteiger charge is -2.32. The summed E-state index contributed by atoms with van der Waals surface area (Å²) in [5.74, 6) is 2.84. The van der Waals surface area contributed by atoms with E-state index >= 15 is 0 Å². The van der Waals surface area contributed by atoms with Crippen LogP contribution >= 0.6 is 24.0 Å². The van der Waals surface area contributed by atoms with E-state index in [9.17, 15) is 0 Å². The van der Waals surface area contributed by atoms with Gasteiger partial charge in [0.05, 0.1) is 46.7 Å². The molecule has 1 aromatic carbocycles. The Bertz CT molecular complexity index is 614. The highest BCUT2D eigenvalue weighted by atomic mass is 127. The zero-order valence-electron chi connectivity index (χ0n) is 18.1. The Balaban J connectivity index is 0.00000420. The van der Waals surface area contributed by atoms with Gasteiger partial charge in [0, 0.05) is 44.4 Å². The van der Waals surface area contributed by atoms with Gasteiger partial charge in [-0.1, -0.05) is 0 Å². The first-order chi connectivity index (χ1) is 13.6. The van der Waals surface area contributed by atoms with Crippen LogP contribution in [0.15, 0.2) is 17.1 Å². The number of guanidine groups is 1. The first-order valence-corrected chi connectivity index (χ1v) is 9.75. The maximum atomic E-state index is 5.51. The van der Waals surface area contributed by atoms with Gasteiger partial charge in [-0.05, 0) is 13.8 Å². The van der Waals surface area contributed by atoms with Crippen molar-refractivity contribution in [1.82, 2.24) is 15.5 Å². The molecular formula is C20H35IN4O4. The number of ether oxygens (including phenoxy) is 4. The molecule has 1 aliphatic rings. The predicted molar refractivity (Wildman–Crippen MR) is 126 cm³/mol. The summed E-state index contributed by atoms with van der Waals surface area (Å²) >= 11 is 0. The van der Waals surface area contributed by atoms with E-state index in [4.69, 9.17) is 23.9 Å². The molecule has 9 heteroatoms. The van der Waals surface area contributed by atoms with Crippen molar-refractivity contribution in [3.63, 3.8) is 0 Å². The molecule has 0 radical (unpaired) electrons. The number of methoxy groups -OCH3 is 3. The lowest BCUT2D eigenvalue weighted by molar-refractivity contribution is 0.0211. The molecule has 1 fully saturated rings. The number of hydrogen-bond acceptors (Lipinski definition) is 6. The Kier molecular flexibility index (Phi) is 12.1. The Labute approximate surface area is 191 Å². The van der Waals surface area contributed by atoms with Crippen LogP contribution < -0.4 is 24.8 Å². The summed E-state index contributed by atoms with van der Waals surface area (Å²) in [4.78, 5) is 7.15. The molecule has 1 aliphatic heterocycles. The van der Waals surface area contributed by atoms with Crippen molar-refractivity contribution in [1.29, 1.82) is 0 Å². The second-order valence-electron chi connectivity index (χ2n) is 6.58. The van der Waals surface area contributed by atoms with Crippen LogP contribution in [-0.2, 0) is 11.3 Å². The van der Waals surface area contributed by atoms with Gasteiger partial charge in [-0.15, -0.1) is 24.0 Å². The number of morpholine rings is 1. The Morgan fingerprint density at radius 2 is 1.72 bits per heavy atom. The molecule has 0 aromatic heterocycles. The van der Waals surface area contributed by atoms with Gasteiger partial charge in [0.25, 0.3) is 0 Å². The molecule has 1 saturated heterocycles. The molecule has 1 aromatic rings. The van der Waals surface area contributed by atoms with E-state index < -0.39 is 0 Å². The number of hydrogen-bond donors (Lipinski definition) is 2. The maximum absolute atomic E-state index is 5.51. The highest BCUT2D eigenvalue weighted by Crippen LogP contribution is 2.34. The number of halogens is 1. The van der Waals surface area contributed by atoms with E-state index in [2.05, 4.69) is 29.4 Å². The molecule has 29 heavy (non-hydrogen) atoms. The van der Waals surface area contributed by atoms with Crippen molar-refractivity contribution < 1.29 is 18.9 Å². The molecule has 0 spiro atoms. The van der Waals surface area contributed by atoms with Crippen molar-refractivity contribution >= 4 is 29.9 Å². The molecule has 0 bridgehead atoms. The first kappa shape index (κ1) is 25.6. The molecule has 0 amide bonds. The quantitative estimate of drug-likeness (QED) is 0.292. The highest BCUT2D eigenvalue weighted by molar-refractivity contribution is 14.0. The Hall–Kier alpha value is -1.46. The van der Waals surface area contributed by atoms with E-state index in [0.29, 0.717) is 29.8 Å². The van der Waals surface area contributed by atoms with Crippen LogP contribution in [0.4, 0.5) is 0 Å². The van der Waals surface area contributed by atoms with Crippen molar-refractivity contribution in [2.45, 2.75) is 26.4 Å². The fourth-order valence-electron chi connectivity index (χ4n) is 3.13. The van der Waals surface area contributed by atoms with E-state index in [1.807, 2.05) is 12.1 Å². The number of benzene rings is 1. The average Bonchev–Trinajstić information content (AvgIpc) is 2.75. The minimum atomic E-state index is 0. The van der Waals surface area contributed by atoms with Crippen molar-refractivity contribution in [2.75, 3.05) is 60.7 Å². The monoisotopic (exact) mass is 522 g/mol. The highest BCUT2D eigenvalue weighted by Gasteiger charge is 2.17. The van der Waals surface area contributed by atoms with Crippen LogP contribution in [0.25, 0.3) is 0 Å². The summed E-state index contributed by atoms with van der Waals surface area (Å²) in [6.07, 6.45) is 0. The Morgan fingerprint density at radius 3 is 2.24 bits per heavy atom. The fourth-order valence-corrected chi connectivity index (χ4v) is 3.13. The summed E-state index contributed by atoms with van der Waals surface area (Å²) in [5, 5.41) is 6.73. The first-order valence-electron chi connectivity index (χ1n) is 9.75. The molecule has 2 rings (SSSR count). The zero-order valence-corrected chi connectivity index (χ0v) is 20.4. The van der Waals surface area contributed by atoms with Crippen LogP contribution in [0, 0.1) is 0 Å². The number of aliphatic imine (C=N–C) groups is 1. The number of nitrogens with one attached hydrogen (secondary N) is 2. The SMILES string of the molecule is CCNC(=NCc1c(OC)cc(OC)cc1OC)NCC(C)N1CCOCC1.I. The van der Waals surface area contributed by atoms with Crippen molar-refractivity contribution in [2.24, 2.45) is 4.99 Å². The molecule has 8 nitrogen and oxygen atoms in total. The lowest BCUT2D eigenvalue weighted by atomic mass is 10.1. The Morgan fingerprint density at radius 1 is 1.10 bits per heavy atom. The van der Waals surface area contributed by atoms with Crippen LogP contribution in [0.3, 0.4) is 0 Å². The van der Waals surface area contributed by atoms with E-state index in [0.717, 1.165) is 50.9 Å². The number of nitrogens with zero attached hydrogens (tertiary/aromatic N) is 2.